The number of aromatic nitrogens is 3. The Morgan fingerprint density at radius 3 is 2.78 bits per heavy atom. The van der Waals surface area contributed by atoms with Crippen LogP contribution < -0.4 is 10.1 Å². The predicted octanol–water partition coefficient (Wildman–Crippen LogP) is 5.02. The Morgan fingerprint density at radius 2 is 2.00 bits per heavy atom. The summed E-state index contributed by atoms with van der Waals surface area (Å²) in [4.78, 5) is 0. The van der Waals surface area contributed by atoms with E-state index in [0.29, 0.717) is 33.5 Å². The second-order valence-corrected chi connectivity index (χ2v) is 7.66. The molecule has 1 aromatic heterocycles. The van der Waals surface area contributed by atoms with Gasteiger partial charge in [-0.3, -0.25) is 0 Å². The van der Waals surface area contributed by atoms with E-state index in [-0.39, 0.29) is 0 Å². The normalized spacial score (nSPS) is 16.6. The van der Waals surface area contributed by atoms with Crippen LogP contribution in [-0.2, 0) is 6.61 Å². The lowest BCUT2D eigenvalue weighted by Crippen LogP contribution is -2.13. The van der Waals surface area contributed by atoms with Gasteiger partial charge in [0.2, 0.25) is 0 Å². The third-order valence-corrected chi connectivity index (χ3v) is 5.49. The molecule has 1 aliphatic heterocycles. The van der Waals surface area contributed by atoms with Crippen molar-refractivity contribution in [1.82, 2.24) is 20.3 Å². The van der Waals surface area contributed by atoms with E-state index in [4.69, 9.17) is 39.5 Å². The molecule has 27 heavy (non-hydrogen) atoms. The number of halogens is 3. The molecule has 0 saturated carbocycles. The first-order valence-corrected chi connectivity index (χ1v) is 9.73. The molecular formula is C19H17Cl3N4O. The van der Waals surface area contributed by atoms with Crippen molar-refractivity contribution in [1.29, 1.82) is 0 Å². The fourth-order valence-corrected chi connectivity index (χ4v) is 3.56. The lowest BCUT2D eigenvalue weighted by atomic mass is 10.1. The molecule has 0 spiro atoms. The summed E-state index contributed by atoms with van der Waals surface area (Å²) >= 11 is 18.2. The highest BCUT2D eigenvalue weighted by molar-refractivity contribution is 6.42. The molecule has 0 bridgehead atoms. The maximum absolute atomic E-state index is 6.20. The van der Waals surface area contributed by atoms with Crippen LogP contribution >= 0.6 is 34.8 Å². The van der Waals surface area contributed by atoms with Crippen LogP contribution in [0.2, 0.25) is 15.1 Å². The summed E-state index contributed by atoms with van der Waals surface area (Å²) < 4.78 is 7.91. The topological polar surface area (TPSA) is 52.0 Å². The summed E-state index contributed by atoms with van der Waals surface area (Å²) in [5.41, 5.74) is 2.46. The van der Waals surface area contributed by atoms with Crippen LogP contribution in [0.25, 0.3) is 11.3 Å². The van der Waals surface area contributed by atoms with Crippen LogP contribution in [0.4, 0.5) is 0 Å². The molecule has 5 nitrogen and oxygen atoms in total. The Kier molecular flexibility index (Phi) is 5.55. The zero-order valence-corrected chi connectivity index (χ0v) is 16.6. The van der Waals surface area contributed by atoms with Crippen molar-refractivity contribution in [3.8, 4) is 17.0 Å². The molecule has 2 aromatic carbocycles. The predicted molar refractivity (Wildman–Crippen MR) is 108 cm³/mol. The average molecular weight is 424 g/mol. The van der Waals surface area contributed by atoms with Crippen molar-refractivity contribution < 1.29 is 4.74 Å². The van der Waals surface area contributed by atoms with E-state index < -0.39 is 0 Å². The van der Waals surface area contributed by atoms with E-state index in [1.54, 1.807) is 18.2 Å². The highest BCUT2D eigenvalue weighted by atomic mass is 35.5. The first-order valence-electron chi connectivity index (χ1n) is 8.59. The van der Waals surface area contributed by atoms with E-state index >= 15 is 0 Å². The molecule has 1 unspecified atom stereocenters. The molecule has 1 N–H and O–H groups in total. The van der Waals surface area contributed by atoms with Crippen LogP contribution in [0.5, 0.6) is 5.75 Å². The monoisotopic (exact) mass is 422 g/mol. The molecule has 3 aromatic rings. The van der Waals surface area contributed by atoms with E-state index in [9.17, 15) is 0 Å². The molecule has 1 atom stereocenters. The van der Waals surface area contributed by atoms with Gasteiger partial charge in [-0.1, -0.05) is 46.1 Å². The van der Waals surface area contributed by atoms with Gasteiger partial charge in [0.15, 0.2) is 0 Å². The Morgan fingerprint density at radius 1 is 1.11 bits per heavy atom. The van der Waals surface area contributed by atoms with Crippen LogP contribution in [-0.4, -0.2) is 28.1 Å². The molecule has 1 aliphatic rings. The number of nitrogens with one attached hydrogen (secondary N) is 1. The molecule has 1 fully saturated rings. The second kappa shape index (κ2) is 8.07. The Hall–Kier alpha value is -1.79. The van der Waals surface area contributed by atoms with Crippen LogP contribution in [0.1, 0.15) is 18.0 Å². The van der Waals surface area contributed by atoms with E-state index in [1.165, 1.54) is 0 Å². The zero-order valence-electron chi connectivity index (χ0n) is 14.3. The largest absolute Gasteiger partial charge is 0.488 e. The third kappa shape index (κ3) is 4.22. The SMILES string of the molecule is Clc1ccc(OCc2ccc(Cl)c(Cl)c2)c(-c2cn(C3CCNC3)nn2)c1. The van der Waals surface area contributed by atoms with Crippen molar-refractivity contribution in [2.45, 2.75) is 19.1 Å². The smallest absolute Gasteiger partial charge is 0.129 e. The van der Waals surface area contributed by atoms with E-state index in [1.807, 2.05) is 29.1 Å². The highest BCUT2D eigenvalue weighted by Gasteiger charge is 2.19. The van der Waals surface area contributed by atoms with Gasteiger partial charge in [0, 0.05) is 17.1 Å². The van der Waals surface area contributed by atoms with Crippen molar-refractivity contribution in [2.24, 2.45) is 0 Å². The second-order valence-electron chi connectivity index (χ2n) is 6.41. The van der Waals surface area contributed by atoms with Gasteiger partial charge < -0.3 is 10.1 Å². The molecule has 8 heteroatoms. The first kappa shape index (κ1) is 18.6. The lowest BCUT2D eigenvalue weighted by molar-refractivity contribution is 0.307. The standard InChI is InChI=1S/C19H17Cl3N4O/c20-13-2-4-19(27-11-12-1-3-16(21)17(22)7-12)15(8-13)18-10-26(25-24-18)14-5-6-23-9-14/h1-4,7-8,10,14,23H,5-6,9,11H2. The number of ether oxygens (including phenoxy) is 1. The Balaban J connectivity index is 1.57. The molecule has 4 rings (SSSR count). The summed E-state index contributed by atoms with van der Waals surface area (Å²) in [6, 6.07) is 11.2. The molecule has 1 saturated heterocycles. The van der Waals surface area contributed by atoms with E-state index in [0.717, 1.165) is 36.3 Å². The van der Waals surface area contributed by atoms with Gasteiger partial charge in [-0.2, -0.15) is 0 Å². The average Bonchev–Trinajstić information content (AvgIpc) is 3.35. The van der Waals surface area contributed by atoms with Crippen molar-refractivity contribution in [3.63, 3.8) is 0 Å². The van der Waals surface area contributed by atoms with Crippen LogP contribution in [0.15, 0.2) is 42.6 Å². The minimum atomic E-state index is 0.325. The molecular weight excluding hydrogens is 407 g/mol. The zero-order chi connectivity index (χ0) is 18.8. The van der Waals surface area contributed by atoms with E-state index in [2.05, 4.69) is 15.6 Å². The molecule has 0 amide bonds. The number of nitrogens with zero attached hydrogens (tertiary/aromatic N) is 3. The number of rotatable bonds is 5. The van der Waals surface area contributed by atoms with Gasteiger partial charge >= 0.3 is 0 Å². The van der Waals surface area contributed by atoms with Gasteiger partial charge in [-0.05, 0) is 48.9 Å². The van der Waals surface area contributed by atoms with Gasteiger partial charge in [0.1, 0.15) is 18.1 Å². The maximum Gasteiger partial charge on any atom is 0.129 e. The Labute approximate surface area is 172 Å². The minimum Gasteiger partial charge on any atom is -0.488 e. The fraction of sp³-hybridized carbons (Fsp3) is 0.263. The Bertz CT molecular complexity index is 954. The fourth-order valence-electron chi connectivity index (χ4n) is 3.06. The summed E-state index contributed by atoms with van der Waals surface area (Å²) in [5, 5.41) is 13.6. The summed E-state index contributed by atoms with van der Waals surface area (Å²) in [6.45, 7) is 2.25. The van der Waals surface area contributed by atoms with Gasteiger partial charge in [-0.25, -0.2) is 4.68 Å². The first-order chi connectivity index (χ1) is 13.1. The van der Waals surface area contributed by atoms with Crippen molar-refractivity contribution in [3.05, 3.63) is 63.2 Å². The summed E-state index contributed by atoms with van der Waals surface area (Å²) in [7, 11) is 0. The summed E-state index contributed by atoms with van der Waals surface area (Å²) in [6.07, 6.45) is 2.98. The number of benzene rings is 2. The van der Waals surface area contributed by atoms with Gasteiger partial charge in [0.05, 0.1) is 22.3 Å². The molecule has 0 aliphatic carbocycles. The van der Waals surface area contributed by atoms with Crippen molar-refractivity contribution in [2.75, 3.05) is 13.1 Å². The highest BCUT2D eigenvalue weighted by Crippen LogP contribution is 2.33. The minimum absolute atomic E-state index is 0.325. The van der Waals surface area contributed by atoms with Gasteiger partial charge in [-0.15, -0.1) is 5.10 Å². The number of hydrogen-bond donors (Lipinski definition) is 1. The van der Waals surface area contributed by atoms with Crippen LogP contribution in [0, 0.1) is 0 Å². The molecule has 2 heterocycles. The van der Waals surface area contributed by atoms with Crippen LogP contribution in [0.3, 0.4) is 0 Å². The molecule has 140 valence electrons. The van der Waals surface area contributed by atoms with Gasteiger partial charge in [0.25, 0.3) is 0 Å². The summed E-state index contributed by atoms with van der Waals surface area (Å²) in [5.74, 6) is 0.682. The lowest BCUT2D eigenvalue weighted by Gasteiger charge is -2.11. The maximum atomic E-state index is 6.20. The quantitative estimate of drug-likeness (QED) is 0.626. The van der Waals surface area contributed by atoms with Crippen molar-refractivity contribution >= 4 is 34.8 Å². The number of hydrogen-bond acceptors (Lipinski definition) is 4. The third-order valence-electron chi connectivity index (χ3n) is 4.51. The molecule has 0 radical (unpaired) electrons.